The summed E-state index contributed by atoms with van der Waals surface area (Å²) in [5, 5.41) is 0. The molecule has 0 aliphatic carbocycles. The second-order valence-electron chi connectivity index (χ2n) is 6.17. The molecule has 7 heteroatoms. The molecule has 2 aliphatic rings. The van der Waals surface area contributed by atoms with Crippen molar-refractivity contribution in [1.82, 2.24) is 19.3 Å². The Balaban J connectivity index is 1.40. The standard InChI is InChI=1S/C15H20N6O/c16-14(22)11-9-20(10-11)12-2-6-19(7-3-12)15-18-4-1-13-17-5-8-21(13)15/h1,4-5,8,11-12H,2-3,6-7,9-10H2,(H2,16,22). The lowest BCUT2D eigenvalue weighted by atomic mass is 9.93. The van der Waals surface area contributed by atoms with Crippen molar-refractivity contribution >= 4 is 17.5 Å². The van der Waals surface area contributed by atoms with Gasteiger partial charge in [0.2, 0.25) is 11.9 Å². The molecular formula is C15H20N6O. The van der Waals surface area contributed by atoms with Crippen molar-refractivity contribution in [2.45, 2.75) is 18.9 Å². The van der Waals surface area contributed by atoms with Crippen LogP contribution in [0.4, 0.5) is 5.95 Å². The van der Waals surface area contributed by atoms with Gasteiger partial charge in [-0.2, -0.15) is 0 Å². The first-order valence-electron chi connectivity index (χ1n) is 7.79. The van der Waals surface area contributed by atoms with Gasteiger partial charge in [0.1, 0.15) is 5.65 Å². The molecule has 1 amide bonds. The number of hydrogen-bond donors (Lipinski definition) is 1. The quantitative estimate of drug-likeness (QED) is 0.870. The highest BCUT2D eigenvalue weighted by Crippen LogP contribution is 2.26. The zero-order chi connectivity index (χ0) is 15.1. The van der Waals surface area contributed by atoms with Crippen LogP contribution in [0.5, 0.6) is 0 Å². The number of likely N-dealkylation sites (tertiary alicyclic amines) is 1. The molecule has 0 unspecified atom stereocenters. The molecule has 2 aromatic rings. The highest BCUT2D eigenvalue weighted by atomic mass is 16.1. The largest absolute Gasteiger partial charge is 0.369 e. The number of primary amides is 1. The Morgan fingerprint density at radius 3 is 2.68 bits per heavy atom. The lowest BCUT2D eigenvalue weighted by Crippen LogP contribution is -2.58. The number of hydrogen-bond acceptors (Lipinski definition) is 5. The Bertz CT molecular complexity index is 684. The SMILES string of the molecule is NC(=O)C1CN(C2CCN(c3nccc4nccn34)CC2)C1. The van der Waals surface area contributed by atoms with Gasteiger partial charge in [-0.05, 0) is 18.9 Å². The van der Waals surface area contributed by atoms with Gasteiger partial charge in [0.05, 0.1) is 5.92 Å². The fraction of sp³-hybridized carbons (Fsp3) is 0.533. The predicted molar refractivity (Wildman–Crippen MR) is 82.5 cm³/mol. The van der Waals surface area contributed by atoms with Gasteiger partial charge in [0, 0.05) is 50.8 Å². The molecular weight excluding hydrogens is 280 g/mol. The highest BCUT2D eigenvalue weighted by molar-refractivity contribution is 5.78. The van der Waals surface area contributed by atoms with E-state index in [1.165, 1.54) is 0 Å². The lowest BCUT2D eigenvalue weighted by Gasteiger charge is -2.46. The summed E-state index contributed by atoms with van der Waals surface area (Å²) in [6, 6.07) is 2.48. The van der Waals surface area contributed by atoms with Crippen LogP contribution in [0.2, 0.25) is 0 Å². The van der Waals surface area contributed by atoms with Crippen LogP contribution in [0.3, 0.4) is 0 Å². The molecule has 0 aromatic carbocycles. The topological polar surface area (TPSA) is 79.8 Å². The van der Waals surface area contributed by atoms with Gasteiger partial charge in [0.25, 0.3) is 0 Å². The number of rotatable bonds is 3. The Morgan fingerprint density at radius 2 is 1.95 bits per heavy atom. The number of nitrogens with zero attached hydrogens (tertiary/aromatic N) is 5. The molecule has 116 valence electrons. The van der Waals surface area contributed by atoms with Gasteiger partial charge in [0.15, 0.2) is 0 Å². The number of carbonyl (C=O) groups is 1. The Labute approximate surface area is 128 Å². The number of amides is 1. The lowest BCUT2D eigenvalue weighted by molar-refractivity contribution is -0.128. The number of anilines is 1. The van der Waals surface area contributed by atoms with Crippen LogP contribution in [0.15, 0.2) is 24.7 Å². The molecule has 0 radical (unpaired) electrons. The normalized spacial score (nSPS) is 21.2. The molecule has 2 N–H and O–H groups in total. The van der Waals surface area contributed by atoms with Crippen molar-refractivity contribution in [2.24, 2.45) is 11.7 Å². The van der Waals surface area contributed by atoms with Crippen molar-refractivity contribution < 1.29 is 4.79 Å². The molecule has 4 heterocycles. The third-order valence-corrected chi connectivity index (χ3v) is 4.87. The number of imidazole rings is 1. The van der Waals surface area contributed by atoms with Crippen molar-refractivity contribution in [3.63, 3.8) is 0 Å². The molecule has 0 atom stereocenters. The van der Waals surface area contributed by atoms with E-state index < -0.39 is 0 Å². The molecule has 2 saturated heterocycles. The number of aromatic nitrogens is 3. The highest BCUT2D eigenvalue weighted by Gasteiger charge is 2.37. The van der Waals surface area contributed by atoms with Gasteiger partial charge in [-0.15, -0.1) is 0 Å². The van der Waals surface area contributed by atoms with Crippen molar-refractivity contribution in [3.05, 3.63) is 24.7 Å². The van der Waals surface area contributed by atoms with Crippen LogP contribution < -0.4 is 10.6 Å². The van der Waals surface area contributed by atoms with E-state index in [1.807, 2.05) is 22.9 Å². The van der Waals surface area contributed by atoms with E-state index >= 15 is 0 Å². The first-order valence-corrected chi connectivity index (χ1v) is 7.79. The summed E-state index contributed by atoms with van der Waals surface area (Å²) in [5.74, 6) is 0.858. The van der Waals surface area contributed by atoms with Crippen molar-refractivity contribution in [3.8, 4) is 0 Å². The van der Waals surface area contributed by atoms with Crippen LogP contribution in [-0.2, 0) is 4.79 Å². The minimum absolute atomic E-state index is 0.0550. The zero-order valence-electron chi connectivity index (χ0n) is 12.4. The first kappa shape index (κ1) is 13.5. The second kappa shape index (κ2) is 5.24. The van der Waals surface area contributed by atoms with E-state index in [1.54, 1.807) is 6.20 Å². The van der Waals surface area contributed by atoms with E-state index in [0.29, 0.717) is 6.04 Å². The molecule has 2 fully saturated rings. The van der Waals surface area contributed by atoms with E-state index in [9.17, 15) is 4.79 Å². The minimum atomic E-state index is -0.162. The van der Waals surface area contributed by atoms with Crippen molar-refractivity contribution in [2.75, 3.05) is 31.1 Å². The number of carbonyl (C=O) groups excluding carboxylic acids is 1. The number of nitrogens with two attached hydrogens (primary N) is 1. The molecule has 0 spiro atoms. The molecule has 2 aromatic heterocycles. The number of fused-ring (bicyclic) bond motifs is 1. The third kappa shape index (κ3) is 2.21. The van der Waals surface area contributed by atoms with Crippen LogP contribution >= 0.6 is 0 Å². The molecule has 4 rings (SSSR count). The minimum Gasteiger partial charge on any atom is -0.369 e. The van der Waals surface area contributed by atoms with Gasteiger partial charge in [-0.1, -0.05) is 0 Å². The summed E-state index contributed by atoms with van der Waals surface area (Å²) < 4.78 is 2.03. The monoisotopic (exact) mass is 300 g/mol. The first-order chi connectivity index (χ1) is 10.7. The van der Waals surface area contributed by atoms with Crippen LogP contribution in [0.1, 0.15) is 12.8 Å². The Hall–Kier alpha value is -2.15. The summed E-state index contributed by atoms with van der Waals surface area (Å²) in [6.07, 6.45) is 7.76. The van der Waals surface area contributed by atoms with Crippen molar-refractivity contribution in [1.29, 1.82) is 0 Å². The molecule has 2 aliphatic heterocycles. The maximum atomic E-state index is 11.1. The predicted octanol–water partition coefficient (Wildman–Crippen LogP) is 0.115. The van der Waals surface area contributed by atoms with E-state index in [-0.39, 0.29) is 11.8 Å². The summed E-state index contributed by atoms with van der Waals surface area (Å²) in [6.45, 7) is 3.62. The smallest absolute Gasteiger partial charge is 0.223 e. The molecule has 7 nitrogen and oxygen atoms in total. The summed E-state index contributed by atoms with van der Waals surface area (Å²) in [4.78, 5) is 24.6. The summed E-state index contributed by atoms with van der Waals surface area (Å²) >= 11 is 0. The Kier molecular flexibility index (Phi) is 3.22. The average Bonchev–Trinajstić information content (AvgIpc) is 2.94. The van der Waals surface area contributed by atoms with Crippen LogP contribution in [0.25, 0.3) is 5.65 Å². The fourth-order valence-electron chi connectivity index (χ4n) is 3.50. The average molecular weight is 300 g/mol. The van der Waals surface area contributed by atoms with Crippen LogP contribution in [0, 0.1) is 5.92 Å². The summed E-state index contributed by atoms with van der Waals surface area (Å²) in [7, 11) is 0. The zero-order valence-corrected chi connectivity index (χ0v) is 12.4. The van der Waals surface area contributed by atoms with E-state index in [2.05, 4.69) is 19.8 Å². The van der Waals surface area contributed by atoms with Crippen LogP contribution in [-0.4, -0.2) is 57.4 Å². The van der Waals surface area contributed by atoms with Gasteiger partial charge in [-0.25, -0.2) is 9.97 Å². The summed E-state index contributed by atoms with van der Waals surface area (Å²) in [5.41, 5.74) is 6.27. The van der Waals surface area contributed by atoms with E-state index in [4.69, 9.17) is 5.73 Å². The third-order valence-electron chi connectivity index (χ3n) is 4.87. The molecule has 0 bridgehead atoms. The van der Waals surface area contributed by atoms with Gasteiger partial charge in [-0.3, -0.25) is 14.1 Å². The second-order valence-corrected chi connectivity index (χ2v) is 6.17. The Morgan fingerprint density at radius 1 is 1.18 bits per heavy atom. The van der Waals surface area contributed by atoms with Gasteiger partial charge < -0.3 is 10.6 Å². The maximum Gasteiger partial charge on any atom is 0.223 e. The fourth-order valence-corrected chi connectivity index (χ4v) is 3.50. The van der Waals surface area contributed by atoms with Gasteiger partial charge >= 0.3 is 0 Å². The molecule has 22 heavy (non-hydrogen) atoms. The van der Waals surface area contributed by atoms with E-state index in [0.717, 1.165) is 50.6 Å². The molecule has 0 saturated carbocycles. The number of piperidine rings is 1. The maximum absolute atomic E-state index is 11.1.